The van der Waals surface area contributed by atoms with Crippen LogP contribution in [-0.2, 0) is 20.7 Å². The SMILES string of the molecule is Cc1nc2c(cnn2C(C)C)c(C)c1CCC(=O)N1CCO[C@@H](C(=O)O)C1. The maximum Gasteiger partial charge on any atom is 0.334 e. The second-order valence-corrected chi connectivity index (χ2v) is 7.26. The Hall–Kier alpha value is -2.48. The van der Waals surface area contributed by atoms with Crippen LogP contribution in [0.4, 0.5) is 0 Å². The van der Waals surface area contributed by atoms with Gasteiger partial charge in [-0.15, -0.1) is 0 Å². The van der Waals surface area contributed by atoms with Crippen LogP contribution >= 0.6 is 0 Å². The van der Waals surface area contributed by atoms with Crippen molar-refractivity contribution in [3.8, 4) is 0 Å². The number of aromatic nitrogens is 3. The van der Waals surface area contributed by atoms with Crippen molar-refractivity contribution >= 4 is 22.9 Å². The van der Waals surface area contributed by atoms with Crippen LogP contribution in [0.5, 0.6) is 0 Å². The molecule has 0 radical (unpaired) electrons. The molecule has 8 heteroatoms. The number of morpholine rings is 1. The molecule has 3 rings (SSSR count). The first-order valence-corrected chi connectivity index (χ1v) is 9.25. The summed E-state index contributed by atoms with van der Waals surface area (Å²) in [4.78, 5) is 29.9. The van der Waals surface area contributed by atoms with Gasteiger partial charge in [0.15, 0.2) is 11.8 Å². The van der Waals surface area contributed by atoms with Gasteiger partial charge in [0.25, 0.3) is 0 Å². The highest BCUT2D eigenvalue weighted by molar-refractivity contribution is 5.82. The Morgan fingerprint density at radius 1 is 1.37 bits per heavy atom. The van der Waals surface area contributed by atoms with Gasteiger partial charge in [-0.05, 0) is 45.2 Å². The van der Waals surface area contributed by atoms with Crippen molar-refractivity contribution < 1.29 is 19.4 Å². The number of ether oxygens (including phenoxy) is 1. The highest BCUT2D eigenvalue weighted by atomic mass is 16.5. The van der Waals surface area contributed by atoms with E-state index in [0.717, 1.165) is 27.9 Å². The first-order chi connectivity index (χ1) is 12.8. The van der Waals surface area contributed by atoms with Gasteiger partial charge in [-0.25, -0.2) is 14.5 Å². The summed E-state index contributed by atoms with van der Waals surface area (Å²) < 4.78 is 7.08. The molecular formula is C19H26N4O4. The van der Waals surface area contributed by atoms with Crippen molar-refractivity contribution in [1.82, 2.24) is 19.7 Å². The summed E-state index contributed by atoms with van der Waals surface area (Å²) in [5, 5.41) is 14.5. The summed E-state index contributed by atoms with van der Waals surface area (Å²) in [6, 6.07) is 0.227. The molecule has 27 heavy (non-hydrogen) atoms. The van der Waals surface area contributed by atoms with Crippen LogP contribution in [0.1, 0.15) is 43.1 Å². The lowest BCUT2D eigenvalue weighted by Crippen LogP contribution is -2.48. The fourth-order valence-corrected chi connectivity index (χ4v) is 3.55. The van der Waals surface area contributed by atoms with Crippen molar-refractivity contribution in [2.75, 3.05) is 19.7 Å². The lowest BCUT2D eigenvalue weighted by atomic mass is 10.00. The van der Waals surface area contributed by atoms with E-state index in [1.165, 1.54) is 0 Å². The average molecular weight is 374 g/mol. The van der Waals surface area contributed by atoms with E-state index in [0.29, 0.717) is 19.4 Å². The number of hydrogen-bond acceptors (Lipinski definition) is 5. The molecule has 3 heterocycles. The number of carbonyl (C=O) groups is 2. The van der Waals surface area contributed by atoms with E-state index >= 15 is 0 Å². The molecule has 0 saturated carbocycles. The van der Waals surface area contributed by atoms with Crippen molar-refractivity contribution in [3.63, 3.8) is 0 Å². The van der Waals surface area contributed by atoms with E-state index in [1.54, 1.807) is 4.90 Å². The van der Waals surface area contributed by atoms with Crippen LogP contribution in [-0.4, -0.2) is 62.4 Å². The zero-order valence-electron chi connectivity index (χ0n) is 16.2. The highest BCUT2D eigenvalue weighted by Crippen LogP contribution is 2.25. The molecular weight excluding hydrogens is 348 g/mol. The van der Waals surface area contributed by atoms with E-state index in [4.69, 9.17) is 14.8 Å². The standard InChI is InChI=1S/C19H26N4O4/c1-11(2)23-18-15(9-20-23)12(3)14(13(4)21-18)5-6-17(24)22-7-8-27-16(10-22)19(25)26/h9,11,16H,5-8,10H2,1-4H3,(H,25,26)/t16-/m1/s1. The number of amides is 1. The number of aliphatic carboxylic acids is 1. The predicted molar refractivity (Wildman–Crippen MR) is 99.7 cm³/mol. The van der Waals surface area contributed by atoms with Gasteiger partial charge in [0.05, 0.1) is 19.3 Å². The lowest BCUT2D eigenvalue weighted by Gasteiger charge is -2.31. The lowest BCUT2D eigenvalue weighted by molar-refractivity contribution is -0.159. The summed E-state index contributed by atoms with van der Waals surface area (Å²) in [5.74, 6) is -1.09. The van der Waals surface area contributed by atoms with Crippen molar-refractivity contribution in [3.05, 3.63) is 23.0 Å². The highest BCUT2D eigenvalue weighted by Gasteiger charge is 2.29. The van der Waals surface area contributed by atoms with Gasteiger partial charge in [0.1, 0.15) is 0 Å². The van der Waals surface area contributed by atoms with Crippen molar-refractivity contribution in [2.24, 2.45) is 0 Å². The van der Waals surface area contributed by atoms with Gasteiger partial charge in [-0.2, -0.15) is 5.10 Å². The second kappa shape index (κ2) is 7.64. The fourth-order valence-electron chi connectivity index (χ4n) is 3.55. The Kier molecular flexibility index (Phi) is 5.46. The molecule has 0 spiro atoms. The fraction of sp³-hybridized carbons (Fsp3) is 0.579. The van der Waals surface area contributed by atoms with E-state index in [9.17, 15) is 9.59 Å². The largest absolute Gasteiger partial charge is 0.479 e. The number of carbonyl (C=O) groups excluding carboxylic acids is 1. The van der Waals surface area contributed by atoms with Gasteiger partial charge in [-0.1, -0.05) is 0 Å². The first kappa shape index (κ1) is 19.3. The molecule has 0 aliphatic carbocycles. The summed E-state index contributed by atoms with van der Waals surface area (Å²) in [5.41, 5.74) is 3.93. The van der Waals surface area contributed by atoms with E-state index in [-0.39, 0.29) is 25.1 Å². The number of rotatable bonds is 5. The van der Waals surface area contributed by atoms with Gasteiger partial charge in [0.2, 0.25) is 5.91 Å². The van der Waals surface area contributed by atoms with Crippen molar-refractivity contribution in [2.45, 2.75) is 52.7 Å². The van der Waals surface area contributed by atoms with E-state index < -0.39 is 12.1 Å². The molecule has 1 atom stereocenters. The minimum Gasteiger partial charge on any atom is -0.479 e. The maximum atomic E-state index is 12.6. The Labute approximate surface area is 158 Å². The third-order valence-electron chi connectivity index (χ3n) is 5.11. The zero-order valence-corrected chi connectivity index (χ0v) is 16.2. The number of fused-ring (bicyclic) bond motifs is 1. The van der Waals surface area contributed by atoms with E-state index in [1.807, 2.05) is 24.7 Å². The molecule has 1 saturated heterocycles. The summed E-state index contributed by atoms with van der Waals surface area (Å²) in [7, 11) is 0. The smallest absolute Gasteiger partial charge is 0.334 e. The number of hydrogen-bond donors (Lipinski definition) is 1. The number of carboxylic acids is 1. The van der Waals surface area contributed by atoms with E-state index in [2.05, 4.69) is 18.9 Å². The topological polar surface area (TPSA) is 97.5 Å². The van der Waals surface area contributed by atoms with Crippen LogP contribution in [0.3, 0.4) is 0 Å². The molecule has 1 aliphatic heterocycles. The van der Waals surface area contributed by atoms with Gasteiger partial charge >= 0.3 is 5.97 Å². The Morgan fingerprint density at radius 3 is 2.78 bits per heavy atom. The zero-order chi connectivity index (χ0) is 19.7. The number of aryl methyl sites for hydroxylation is 2. The second-order valence-electron chi connectivity index (χ2n) is 7.26. The van der Waals surface area contributed by atoms with Crippen LogP contribution in [0.15, 0.2) is 6.20 Å². The molecule has 146 valence electrons. The number of pyridine rings is 1. The Balaban J connectivity index is 1.75. The van der Waals surface area contributed by atoms with Gasteiger partial charge in [-0.3, -0.25) is 4.79 Å². The van der Waals surface area contributed by atoms with Gasteiger partial charge in [0, 0.05) is 30.1 Å². The minimum absolute atomic E-state index is 0.0543. The normalized spacial score (nSPS) is 17.7. The molecule has 8 nitrogen and oxygen atoms in total. The molecule has 1 aliphatic rings. The molecule has 0 bridgehead atoms. The van der Waals surface area contributed by atoms with Crippen LogP contribution in [0.2, 0.25) is 0 Å². The molecule has 1 amide bonds. The molecule has 1 fully saturated rings. The molecule has 0 aromatic carbocycles. The number of nitrogens with zero attached hydrogens (tertiary/aromatic N) is 4. The molecule has 0 unspecified atom stereocenters. The number of carboxylic acid groups (broad SMARTS) is 1. The van der Waals surface area contributed by atoms with Crippen LogP contribution in [0.25, 0.3) is 11.0 Å². The van der Waals surface area contributed by atoms with Gasteiger partial charge < -0.3 is 14.7 Å². The monoisotopic (exact) mass is 374 g/mol. The molecule has 2 aromatic rings. The minimum atomic E-state index is -1.03. The summed E-state index contributed by atoms with van der Waals surface area (Å²) in [6.07, 6.45) is 1.79. The van der Waals surface area contributed by atoms with Crippen LogP contribution < -0.4 is 0 Å². The average Bonchev–Trinajstić information content (AvgIpc) is 3.05. The third kappa shape index (κ3) is 3.80. The Bertz CT molecular complexity index is 874. The predicted octanol–water partition coefficient (Wildman–Crippen LogP) is 1.87. The molecule has 2 aromatic heterocycles. The summed E-state index contributed by atoms with van der Waals surface area (Å²) in [6.45, 7) is 8.92. The Morgan fingerprint density at radius 2 is 2.11 bits per heavy atom. The quantitative estimate of drug-likeness (QED) is 0.858. The summed E-state index contributed by atoms with van der Waals surface area (Å²) >= 11 is 0. The van der Waals surface area contributed by atoms with Crippen LogP contribution in [0, 0.1) is 13.8 Å². The molecule has 1 N–H and O–H groups in total. The third-order valence-corrected chi connectivity index (χ3v) is 5.11. The van der Waals surface area contributed by atoms with Crippen molar-refractivity contribution in [1.29, 1.82) is 0 Å². The first-order valence-electron chi connectivity index (χ1n) is 9.25. The maximum absolute atomic E-state index is 12.6.